The highest BCUT2D eigenvalue weighted by Gasteiger charge is 2.27. The lowest BCUT2D eigenvalue weighted by molar-refractivity contribution is 0.161. The van der Waals surface area contributed by atoms with E-state index in [1.807, 2.05) is 53.2 Å². The van der Waals surface area contributed by atoms with Crippen LogP contribution < -0.4 is 24.5 Å². The summed E-state index contributed by atoms with van der Waals surface area (Å²) in [6.45, 7) is 3.92. The topological polar surface area (TPSA) is 117 Å². The first-order valence-corrected chi connectivity index (χ1v) is 13.5. The smallest absolute Gasteiger partial charge is 0.252 e. The van der Waals surface area contributed by atoms with Crippen LogP contribution in [-0.4, -0.2) is 43.7 Å². The molecule has 0 radical (unpaired) electrons. The lowest BCUT2D eigenvalue weighted by Crippen LogP contribution is -2.32. The van der Waals surface area contributed by atoms with Gasteiger partial charge in [-0.15, -0.1) is 5.10 Å². The number of aromatic nitrogens is 5. The van der Waals surface area contributed by atoms with Crippen LogP contribution in [0, 0.1) is 0 Å². The van der Waals surface area contributed by atoms with Crippen molar-refractivity contribution in [3.05, 3.63) is 99.6 Å². The molecular formula is C30H28N6O5. The van der Waals surface area contributed by atoms with E-state index in [1.165, 1.54) is 0 Å². The predicted molar refractivity (Wildman–Crippen MR) is 149 cm³/mol. The Balaban J connectivity index is 1.26. The third kappa shape index (κ3) is 4.95. The quantitative estimate of drug-likeness (QED) is 0.288. The second-order valence-corrected chi connectivity index (χ2v) is 10.1. The van der Waals surface area contributed by atoms with Crippen LogP contribution in [-0.2, 0) is 19.6 Å². The Bertz CT molecular complexity index is 1770. The maximum atomic E-state index is 13.3. The number of ether oxygens (including phenoxy) is 4. The van der Waals surface area contributed by atoms with E-state index < -0.39 is 0 Å². The zero-order chi connectivity index (χ0) is 27.8. The molecule has 0 spiro atoms. The maximum absolute atomic E-state index is 13.3. The molecule has 208 valence electrons. The molecule has 0 amide bonds. The van der Waals surface area contributed by atoms with Crippen molar-refractivity contribution in [3.63, 3.8) is 0 Å². The Morgan fingerprint density at radius 2 is 1.63 bits per heavy atom. The Kier molecular flexibility index (Phi) is 6.48. The standard InChI is InChI=1S/C30H28N6O5/c1-2-24(29-32-33-34-36(29)15-19-6-4-3-5-7-19)35(14-20-8-9-25-26(10-20)39-17-38-25)16-22-11-21-12-27-28(41-18-40-27)13-23(21)31-30(22)37/h3-13,24H,2,14-18H2,1H3,(H,31,37). The SMILES string of the molecule is CCC(c1nnnn1Cc1ccccc1)N(Cc1ccc2c(c1)OCO2)Cc1cc2cc3c(cc2[nH]c1=O)OCO3. The van der Waals surface area contributed by atoms with Crippen LogP contribution in [0.3, 0.4) is 0 Å². The van der Waals surface area contributed by atoms with Gasteiger partial charge in [-0.3, -0.25) is 9.69 Å². The van der Waals surface area contributed by atoms with Gasteiger partial charge in [0.1, 0.15) is 0 Å². The van der Waals surface area contributed by atoms with Gasteiger partial charge in [-0.1, -0.05) is 43.3 Å². The van der Waals surface area contributed by atoms with E-state index in [9.17, 15) is 4.79 Å². The summed E-state index contributed by atoms with van der Waals surface area (Å²) in [7, 11) is 0. The minimum absolute atomic E-state index is 0.161. The number of fused-ring (bicyclic) bond motifs is 3. The summed E-state index contributed by atoms with van der Waals surface area (Å²) < 4.78 is 24.0. The molecule has 7 rings (SSSR count). The molecule has 3 aromatic carbocycles. The van der Waals surface area contributed by atoms with Crippen molar-refractivity contribution in [3.8, 4) is 23.0 Å². The second-order valence-electron chi connectivity index (χ2n) is 10.1. The number of hydrogen-bond donors (Lipinski definition) is 1. The third-order valence-electron chi connectivity index (χ3n) is 7.47. The van der Waals surface area contributed by atoms with Crippen LogP contribution in [0.4, 0.5) is 0 Å². The molecule has 1 unspecified atom stereocenters. The van der Waals surface area contributed by atoms with Gasteiger partial charge in [-0.05, 0) is 52.2 Å². The number of aromatic amines is 1. The van der Waals surface area contributed by atoms with Gasteiger partial charge in [-0.25, -0.2) is 4.68 Å². The van der Waals surface area contributed by atoms with Crippen molar-refractivity contribution in [1.29, 1.82) is 0 Å². The summed E-state index contributed by atoms with van der Waals surface area (Å²) >= 11 is 0. The fourth-order valence-electron chi connectivity index (χ4n) is 5.45. The maximum Gasteiger partial charge on any atom is 0.252 e. The van der Waals surface area contributed by atoms with Gasteiger partial charge in [-0.2, -0.15) is 0 Å². The Hall–Kier alpha value is -4.90. The number of pyridine rings is 1. The first-order chi connectivity index (χ1) is 20.1. The van der Waals surface area contributed by atoms with Gasteiger partial charge in [0.05, 0.1) is 18.1 Å². The van der Waals surface area contributed by atoms with Crippen LogP contribution in [0.2, 0.25) is 0 Å². The van der Waals surface area contributed by atoms with Crippen LogP contribution in [0.5, 0.6) is 23.0 Å². The fourth-order valence-corrected chi connectivity index (χ4v) is 5.45. The van der Waals surface area contributed by atoms with Crippen molar-refractivity contribution < 1.29 is 18.9 Å². The summed E-state index contributed by atoms with van der Waals surface area (Å²) in [4.78, 5) is 18.6. The molecule has 2 aliphatic rings. The number of nitrogens with one attached hydrogen (secondary N) is 1. The summed E-state index contributed by atoms with van der Waals surface area (Å²) in [6.07, 6.45) is 0.726. The van der Waals surface area contributed by atoms with Crippen LogP contribution >= 0.6 is 0 Å². The number of benzene rings is 3. The summed E-state index contributed by atoms with van der Waals surface area (Å²) in [5.74, 6) is 3.46. The van der Waals surface area contributed by atoms with E-state index in [2.05, 4.69) is 44.5 Å². The number of tetrazole rings is 1. The number of H-pyrrole nitrogens is 1. The average molecular weight is 553 g/mol. The zero-order valence-electron chi connectivity index (χ0n) is 22.4. The predicted octanol–water partition coefficient (Wildman–Crippen LogP) is 4.17. The number of rotatable bonds is 9. The third-order valence-corrected chi connectivity index (χ3v) is 7.47. The molecule has 0 fully saturated rings. The molecule has 1 N–H and O–H groups in total. The van der Waals surface area contributed by atoms with Gasteiger partial charge >= 0.3 is 0 Å². The highest BCUT2D eigenvalue weighted by atomic mass is 16.7. The molecule has 11 heteroatoms. The first kappa shape index (κ1) is 25.1. The molecule has 0 bridgehead atoms. The number of hydrogen-bond acceptors (Lipinski definition) is 9. The lowest BCUT2D eigenvalue weighted by atomic mass is 10.1. The number of nitrogens with zero attached hydrogens (tertiary/aromatic N) is 5. The van der Waals surface area contributed by atoms with Gasteiger partial charge in [0.15, 0.2) is 28.8 Å². The molecule has 0 saturated carbocycles. The van der Waals surface area contributed by atoms with E-state index in [1.54, 1.807) is 6.07 Å². The summed E-state index contributed by atoms with van der Waals surface area (Å²) in [6, 6.07) is 21.5. The average Bonchev–Trinajstić information content (AvgIpc) is 3.75. The Morgan fingerprint density at radius 1 is 0.878 bits per heavy atom. The largest absolute Gasteiger partial charge is 0.454 e. The van der Waals surface area contributed by atoms with Crippen molar-refractivity contribution in [1.82, 2.24) is 30.1 Å². The highest BCUT2D eigenvalue weighted by molar-refractivity contribution is 5.83. The van der Waals surface area contributed by atoms with Gasteiger partial charge in [0.2, 0.25) is 13.6 Å². The van der Waals surface area contributed by atoms with E-state index in [4.69, 9.17) is 18.9 Å². The van der Waals surface area contributed by atoms with Crippen LogP contribution in [0.1, 0.15) is 41.9 Å². The molecule has 0 aliphatic carbocycles. The van der Waals surface area contributed by atoms with E-state index in [-0.39, 0.29) is 25.2 Å². The van der Waals surface area contributed by atoms with E-state index in [0.717, 1.165) is 34.5 Å². The molecule has 5 aromatic rings. The summed E-state index contributed by atoms with van der Waals surface area (Å²) in [5, 5.41) is 13.7. The monoisotopic (exact) mass is 552 g/mol. The zero-order valence-corrected chi connectivity index (χ0v) is 22.4. The Morgan fingerprint density at radius 3 is 2.44 bits per heavy atom. The van der Waals surface area contributed by atoms with Crippen LogP contribution in [0.15, 0.2) is 71.5 Å². The molecule has 11 nitrogen and oxygen atoms in total. The highest BCUT2D eigenvalue weighted by Crippen LogP contribution is 2.36. The molecular weight excluding hydrogens is 524 g/mol. The van der Waals surface area contributed by atoms with Crippen molar-refractivity contribution in [2.75, 3.05) is 13.6 Å². The van der Waals surface area contributed by atoms with E-state index >= 15 is 0 Å². The minimum atomic E-state index is -0.175. The minimum Gasteiger partial charge on any atom is -0.454 e. The molecule has 2 aliphatic heterocycles. The molecule has 4 heterocycles. The normalized spacial score (nSPS) is 14.2. The van der Waals surface area contributed by atoms with Gasteiger partial charge in [0, 0.05) is 30.1 Å². The Labute approximate surface area is 235 Å². The van der Waals surface area contributed by atoms with Crippen molar-refractivity contribution in [2.45, 2.75) is 39.0 Å². The molecule has 2 aromatic heterocycles. The molecule has 0 saturated heterocycles. The fraction of sp³-hybridized carbons (Fsp3) is 0.267. The van der Waals surface area contributed by atoms with Crippen molar-refractivity contribution in [2.24, 2.45) is 0 Å². The van der Waals surface area contributed by atoms with Crippen molar-refractivity contribution >= 4 is 10.9 Å². The van der Waals surface area contributed by atoms with Crippen LogP contribution in [0.25, 0.3) is 10.9 Å². The molecule has 1 atom stereocenters. The first-order valence-electron chi connectivity index (χ1n) is 13.5. The lowest BCUT2D eigenvalue weighted by Gasteiger charge is -2.30. The molecule has 41 heavy (non-hydrogen) atoms. The summed E-state index contributed by atoms with van der Waals surface area (Å²) in [5.41, 5.74) is 3.28. The van der Waals surface area contributed by atoms with Gasteiger partial charge in [0.25, 0.3) is 5.56 Å². The van der Waals surface area contributed by atoms with Gasteiger partial charge < -0.3 is 23.9 Å². The van der Waals surface area contributed by atoms with E-state index in [0.29, 0.717) is 48.0 Å². The second kappa shape index (κ2) is 10.6.